The van der Waals surface area contributed by atoms with Crippen molar-refractivity contribution in [2.75, 3.05) is 0 Å². The van der Waals surface area contributed by atoms with Gasteiger partial charge in [0.15, 0.2) is 0 Å². The molecular formula is C28H20B2N2O6. The Balaban J connectivity index is 1.64. The highest BCUT2D eigenvalue weighted by Gasteiger charge is 2.18. The SMILES string of the molecule is N#Cc1ccc(Oc2ccc(B(O)O)c(/C=C/c3cc(Oc4ccc(C#N)cc4)ccc3B(O)O)c2)cc1. The van der Waals surface area contributed by atoms with E-state index in [1.54, 1.807) is 84.9 Å². The van der Waals surface area contributed by atoms with Gasteiger partial charge in [-0.3, -0.25) is 0 Å². The second kappa shape index (κ2) is 11.9. The fourth-order valence-electron chi connectivity index (χ4n) is 3.64. The summed E-state index contributed by atoms with van der Waals surface area (Å²) in [5.74, 6) is 1.82. The van der Waals surface area contributed by atoms with E-state index in [4.69, 9.17) is 20.0 Å². The molecule has 0 bridgehead atoms. The molecule has 0 spiro atoms. The molecule has 0 unspecified atom stereocenters. The number of nitriles is 2. The molecule has 184 valence electrons. The van der Waals surface area contributed by atoms with Crippen molar-refractivity contribution in [1.29, 1.82) is 10.5 Å². The van der Waals surface area contributed by atoms with Crippen molar-refractivity contribution in [2.45, 2.75) is 0 Å². The number of rotatable bonds is 8. The summed E-state index contributed by atoms with van der Waals surface area (Å²) >= 11 is 0. The average molecular weight is 502 g/mol. The van der Waals surface area contributed by atoms with Crippen molar-refractivity contribution in [1.82, 2.24) is 0 Å². The molecule has 4 aromatic carbocycles. The van der Waals surface area contributed by atoms with E-state index in [1.807, 2.05) is 12.1 Å². The number of benzene rings is 4. The highest BCUT2D eigenvalue weighted by molar-refractivity contribution is 6.60. The Kier molecular flexibility index (Phi) is 8.24. The molecule has 0 aromatic heterocycles. The monoisotopic (exact) mass is 502 g/mol. The zero-order valence-corrected chi connectivity index (χ0v) is 19.9. The maximum atomic E-state index is 9.86. The van der Waals surface area contributed by atoms with Gasteiger partial charge in [0.05, 0.1) is 23.3 Å². The van der Waals surface area contributed by atoms with Crippen molar-refractivity contribution >= 4 is 37.3 Å². The predicted octanol–water partition coefficient (Wildman–Crippen LogP) is 2.54. The van der Waals surface area contributed by atoms with Gasteiger partial charge >= 0.3 is 14.2 Å². The lowest BCUT2D eigenvalue weighted by atomic mass is 9.75. The summed E-state index contributed by atoms with van der Waals surface area (Å²) in [7, 11) is -3.51. The zero-order valence-electron chi connectivity index (χ0n) is 19.9. The lowest BCUT2D eigenvalue weighted by Crippen LogP contribution is -2.32. The van der Waals surface area contributed by atoms with E-state index >= 15 is 0 Å². The normalized spacial score (nSPS) is 10.5. The molecule has 0 amide bonds. The van der Waals surface area contributed by atoms with Gasteiger partial charge in [0, 0.05) is 0 Å². The van der Waals surface area contributed by atoms with Crippen LogP contribution in [0.5, 0.6) is 23.0 Å². The Hall–Kier alpha value is -4.83. The number of hydrogen-bond acceptors (Lipinski definition) is 8. The highest BCUT2D eigenvalue weighted by atomic mass is 16.5. The first-order chi connectivity index (χ1) is 18.4. The molecular weight excluding hydrogens is 482 g/mol. The van der Waals surface area contributed by atoms with E-state index in [2.05, 4.69) is 0 Å². The molecule has 0 heterocycles. The van der Waals surface area contributed by atoms with Gasteiger partial charge in [0.1, 0.15) is 23.0 Å². The molecule has 0 radical (unpaired) electrons. The summed E-state index contributed by atoms with van der Waals surface area (Å²) in [5.41, 5.74) is 2.25. The van der Waals surface area contributed by atoms with E-state index < -0.39 is 14.2 Å². The molecule has 10 heteroatoms. The van der Waals surface area contributed by atoms with Gasteiger partial charge in [-0.15, -0.1) is 0 Å². The first-order valence-corrected chi connectivity index (χ1v) is 11.4. The fraction of sp³-hybridized carbons (Fsp3) is 0. The van der Waals surface area contributed by atoms with Crippen LogP contribution >= 0.6 is 0 Å². The van der Waals surface area contributed by atoms with Crippen LogP contribution in [0.4, 0.5) is 0 Å². The standard InChI is InChI=1S/C28H20B2N2O6/c31-17-19-1-7-23(8-2-19)37-25-11-13-27(29(33)34)21(15-25)5-6-22-16-26(12-14-28(22)30(35)36)38-24-9-3-20(18-32)4-10-24/h1-16,33-36H/b6-5+. The smallest absolute Gasteiger partial charge is 0.457 e. The molecule has 0 saturated carbocycles. The van der Waals surface area contributed by atoms with Gasteiger partial charge in [-0.1, -0.05) is 24.3 Å². The first kappa shape index (κ1) is 26.2. The Morgan fingerprint density at radius 2 is 0.868 bits per heavy atom. The highest BCUT2D eigenvalue weighted by Crippen LogP contribution is 2.25. The third kappa shape index (κ3) is 6.48. The number of nitrogens with zero attached hydrogens (tertiary/aromatic N) is 2. The van der Waals surface area contributed by atoms with Gasteiger partial charge in [-0.2, -0.15) is 10.5 Å². The molecule has 0 aliphatic carbocycles. The van der Waals surface area contributed by atoms with Crippen molar-refractivity contribution in [3.63, 3.8) is 0 Å². The van der Waals surface area contributed by atoms with E-state index in [0.717, 1.165) is 0 Å². The van der Waals surface area contributed by atoms with Gasteiger partial charge in [-0.25, -0.2) is 0 Å². The Bertz CT molecular complexity index is 1420. The number of hydrogen-bond donors (Lipinski definition) is 4. The molecule has 0 saturated heterocycles. The Morgan fingerprint density at radius 1 is 0.526 bits per heavy atom. The van der Waals surface area contributed by atoms with E-state index in [0.29, 0.717) is 45.3 Å². The molecule has 4 aromatic rings. The molecule has 0 aliphatic rings. The summed E-state index contributed by atoms with van der Waals surface area (Å²) in [4.78, 5) is 0. The molecule has 4 rings (SSSR count). The molecule has 0 aliphatic heterocycles. The van der Waals surface area contributed by atoms with Crippen LogP contribution in [0, 0.1) is 22.7 Å². The van der Waals surface area contributed by atoms with Crippen LogP contribution in [0.25, 0.3) is 12.2 Å². The third-order valence-corrected chi connectivity index (χ3v) is 5.55. The topological polar surface area (TPSA) is 147 Å². The summed E-state index contributed by atoms with van der Waals surface area (Å²) in [5, 5.41) is 57.4. The van der Waals surface area contributed by atoms with Crippen LogP contribution in [0.2, 0.25) is 0 Å². The fourth-order valence-corrected chi connectivity index (χ4v) is 3.64. The molecule has 0 atom stereocenters. The van der Waals surface area contributed by atoms with Gasteiger partial charge < -0.3 is 29.6 Å². The Morgan fingerprint density at radius 3 is 1.18 bits per heavy atom. The largest absolute Gasteiger partial charge is 0.489 e. The quantitative estimate of drug-likeness (QED) is 0.213. The maximum absolute atomic E-state index is 9.86. The van der Waals surface area contributed by atoms with Gasteiger partial charge in [-0.05, 0) is 94.8 Å². The van der Waals surface area contributed by atoms with Gasteiger partial charge in [0.2, 0.25) is 0 Å². The van der Waals surface area contributed by atoms with Crippen molar-refractivity contribution in [2.24, 2.45) is 0 Å². The first-order valence-electron chi connectivity index (χ1n) is 11.4. The molecule has 38 heavy (non-hydrogen) atoms. The lowest BCUT2D eigenvalue weighted by Gasteiger charge is -2.12. The minimum atomic E-state index is -1.76. The van der Waals surface area contributed by atoms with Crippen molar-refractivity contribution in [3.05, 3.63) is 107 Å². The van der Waals surface area contributed by atoms with Crippen molar-refractivity contribution in [3.8, 4) is 35.1 Å². The summed E-state index contributed by atoms with van der Waals surface area (Å²) in [6.07, 6.45) is 3.18. The van der Waals surface area contributed by atoms with Crippen LogP contribution in [-0.4, -0.2) is 34.3 Å². The molecule has 8 nitrogen and oxygen atoms in total. The summed E-state index contributed by atoms with van der Waals surface area (Å²) in [6.45, 7) is 0. The minimum absolute atomic E-state index is 0.213. The van der Waals surface area contributed by atoms with Crippen LogP contribution in [0.3, 0.4) is 0 Å². The Labute approximate surface area is 219 Å². The second-order valence-corrected chi connectivity index (χ2v) is 8.14. The summed E-state index contributed by atoms with van der Waals surface area (Å²) in [6, 6.07) is 26.6. The molecule has 0 fully saturated rings. The number of ether oxygens (including phenoxy) is 2. The van der Waals surface area contributed by atoms with Crippen LogP contribution in [0.15, 0.2) is 84.9 Å². The molecule has 4 N–H and O–H groups in total. The zero-order chi connectivity index (χ0) is 27.1. The lowest BCUT2D eigenvalue weighted by molar-refractivity contribution is 0.424. The van der Waals surface area contributed by atoms with Gasteiger partial charge in [0.25, 0.3) is 0 Å². The van der Waals surface area contributed by atoms with Crippen LogP contribution in [-0.2, 0) is 0 Å². The van der Waals surface area contributed by atoms with Crippen LogP contribution < -0.4 is 20.4 Å². The van der Waals surface area contributed by atoms with E-state index in [-0.39, 0.29) is 10.9 Å². The van der Waals surface area contributed by atoms with E-state index in [9.17, 15) is 20.1 Å². The predicted molar refractivity (Wildman–Crippen MR) is 144 cm³/mol. The summed E-state index contributed by atoms with van der Waals surface area (Å²) < 4.78 is 11.7. The minimum Gasteiger partial charge on any atom is -0.457 e. The van der Waals surface area contributed by atoms with Crippen LogP contribution in [0.1, 0.15) is 22.3 Å². The van der Waals surface area contributed by atoms with E-state index in [1.165, 1.54) is 12.1 Å². The average Bonchev–Trinajstić information content (AvgIpc) is 2.92. The van der Waals surface area contributed by atoms with Crippen molar-refractivity contribution < 1.29 is 29.6 Å². The third-order valence-electron chi connectivity index (χ3n) is 5.55. The maximum Gasteiger partial charge on any atom is 0.489 e. The second-order valence-electron chi connectivity index (χ2n) is 8.14.